The van der Waals surface area contributed by atoms with Crippen molar-refractivity contribution in [1.29, 1.82) is 0 Å². The number of anilines is 3. The second-order valence-corrected chi connectivity index (χ2v) is 15.4. The number of para-hydroxylation sites is 2. The average Bonchev–Trinajstić information content (AvgIpc) is 3.64. The maximum atomic E-state index is 2.39. The van der Waals surface area contributed by atoms with Gasteiger partial charge in [-0.1, -0.05) is 158 Å². The van der Waals surface area contributed by atoms with E-state index in [0.717, 1.165) is 22.7 Å². The van der Waals surface area contributed by atoms with Crippen molar-refractivity contribution in [2.24, 2.45) is 0 Å². The van der Waals surface area contributed by atoms with E-state index in [4.69, 9.17) is 0 Å². The zero-order valence-electron chi connectivity index (χ0n) is 32.8. The summed E-state index contributed by atoms with van der Waals surface area (Å²) in [4.78, 5) is 2.39. The first-order chi connectivity index (χ1) is 29.2. The average molecular weight is 753 g/mol. The predicted molar refractivity (Wildman–Crippen MR) is 252 cm³/mol. The number of aromatic nitrogens is 1. The van der Waals surface area contributed by atoms with E-state index in [1.54, 1.807) is 0 Å². The SMILES string of the molecule is Cc1cc(-c2cccc(-n3c4ccccc4c4ccccc43)c2)ccc1N(c1ccc(-c2ccc3ccccc3c2)cc1)c1ccc(-c2cccc3ccccc23)cc1. The zero-order valence-corrected chi connectivity index (χ0v) is 32.8. The van der Waals surface area contributed by atoms with Crippen molar-refractivity contribution in [3.05, 3.63) is 230 Å². The predicted octanol–water partition coefficient (Wildman–Crippen LogP) is 15.9. The lowest BCUT2D eigenvalue weighted by atomic mass is 9.97. The van der Waals surface area contributed by atoms with Crippen LogP contribution in [0.5, 0.6) is 0 Å². The Hall–Kier alpha value is -7.68. The highest BCUT2D eigenvalue weighted by Crippen LogP contribution is 2.41. The standard InChI is InChI=1S/C57H40N2/c1-39-36-46(45-16-10-17-50(38-45)59-56-22-8-6-19-53(56)54-20-7-9-23-57(54)59)30-35-55(39)58(48-31-26-41(27-32-48)47-25-24-40-12-2-3-14-44(40)37-47)49-33-28-43(29-34-49)52-21-11-15-42-13-4-5-18-51(42)52/h2-38H,1H3. The minimum Gasteiger partial charge on any atom is -0.310 e. The molecule has 0 fully saturated rings. The lowest BCUT2D eigenvalue weighted by Crippen LogP contribution is -2.11. The number of fused-ring (bicyclic) bond motifs is 5. The van der Waals surface area contributed by atoms with Crippen LogP contribution < -0.4 is 4.90 Å². The highest BCUT2D eigenvalue weighted by molar-refractivity contribution is 6.09. The Bertz CT molecular complexity index is 3280. The number of aryl methyl sites for hydroxylation is 1. The van der Waals surface area contributed by atoms with Gasteiger partial charge in [0.25, 0.3) is 0 Å². The maximum Gasteiger partial charge on any atom is 0.0541 e. The molecule has 0 radical (unpaired) electrons. The minimum atomic E-state index is 1.11. The van der Waals surface area contributed by atoms with Crippen molar-refractivity contribution in [2.75, 3.05) is 4.90 Å². The number of benzene rings is 10. The molecule has 0 unspecified atom stereocenters. The Morgan fingerprint density at radius 1 is 0.339 bits per heavy atom. The van der Waals surface area contributed by atoms with Crippen LogP contribution in [0.25, 0.3) is 82.4 Å². The molecule has 0 spiro atoms. The lowest BCUT2D eigenvalue weighted by Gasteiger charge is -2.28. The first kappa shape index (κ1) is 34.6. The first-order valence-electron chi connectivity index (χ1n) is 20.3. The summed E-state index contributed by atoms with van der Waals surface area (Å²) in [6.45, 7) is 2.23. The van der Waals surface area contributed by atoms with Gasteiger partial charge in [0.2, 0.25) is 0 Å². The van der Waals surface area contributed by atoms with Crippen molar-refractivity contribution in [3.8, 4) is 39.1 Å². The third-order valence-corrected chi connectivity index (χ3v) is 11.9. The fourth-order valence-corrected chi connectivity index (χ4v) is 8.98. The van der Waals surface area contributed by atoms with Crippen molar-refractivity contribution >= 4 is 60.4 Å². The molecule has 1 aromatic heterocycles. The van der Waals surface area contributed by atoms with Crippen molar-refractivity contribution < 1.29 is 0 Å². The van der Waals surface area contributed by atoms with Gasteiger partial charge < -0.3 is 9.47 Å². The van der Waals surface area contributed by atoms with Gasteiger partial charge in [-0.25, -0.2) is 0 Å². The molecule has 278 valence electrons. The van der Waals surface area contributed by atoms with Gasteiger partial charge in [-0.05, 0) is 134 Å². The van der Waals surface area contributed by atoms with Crippen LogP contribution in [0.1, 0.15) is 5.56 Å². The molecule has 0 saturated carbocycles. The van der Waals surface area contributed by atoms with Crippen LogP contribution in [0.2, 0.25) is 0 Å². The smallest absolute Gasteiger partial charge is 0.0541 e. The van der Waals surface area contributed by atoms with Gasteiger partial charge in [0.15, 0.2) is 0 Å². The summed E-state index contributed by atoms with van der Waals surface area (Å²) in [5.74, 6) is 0. The summed E-state index contributed by atoms with van der Waals surface area (Å²) in [7, 11) is 0. The molecule has 0 aliphatic carbocycles. The Labute approximate surface area is 344 Å². The van der Waals surface area contributed by atoms with Crippen LogP contribution in [-0.2, 0) is 0 Å². The van der Waals surface area contributed by atoms with Gasteiger partial charge in [0.05, 0.1) is 11.0 Å². The molecule has 2 nitrogen and oxygen atoms in total. The van der Waals surface area contributed by atoms with E-state index in [2.05, 4.69) is 241 Å². The Morgan fingerprint density at radius 2 is 0.864 bits per heavy atom. The van der Waals surface area contributed by atoms with Crippen LogP contribution in [0.4, 0.5) is 17.1 Å². The van der Waals surface area contributed by atoms with Crippen LogP contribution >= 0.6 is 0 Å². The molecule has 2 heteroatoms. The van der Waals surface area contributed by atoms with Crippen LogP contribution in [0, 0.1) is 6.92 Å². The monoisotopic (exact) mass is 752 g/mol. The molecule has 0 amide bonds. The molecular formula is C57H40N2. The maximum absolute atomic E-state index is 2.39. The molecule has 0 aliphatic heterocycles. The van der Waals surface area contributed by atoms with Crippen molar-refractivity contribution in [1.82, 2.24) is 4.57 Å². The molecule has 1 heterocycles. The van der Waals surface area contributed by atoms with Gasteiger partial charge in [0, 0.05) is 33.5 Å². The minimum absolute atomic E-state index is 1.11. The summed E-state index contributed by atoms with van der Waals surface area (Å²) in [6.07, 6.45) is 0. The van der Waals surface area contributed by atoms with Crippen molar-refractivity contribution in [2.45, 2.75) is 6.92 Å². The van der Waals surface area contributed by atoms with E-state index >= 15 is 0 Å². The highest BCUT2D eigenvalue weighted by Gasteiger charge is 2.18. The molecule has 0 saturated heterocycles. The summed E-state index contributed by atoms with van der Waals surface area (Å²) in [6, 6.07) is 81.7. The Balaban J connectivity index is 0.991. The first-order valence-corrected chi connectivity index (χ1v) is 20.3. The molecule has 59 heavy (non-hydrogen) atoms. The fourth-order valence-electron chi connectivity index (χ4n) is 8.98. The number of rotatable bonds is 7. The molecule has 10 aromatic carbocycles. The number of hydrogen-bond acceptors (Lipinski definition) is 1. The second-order valence-electron chi connectivity index (χ2n) is 15.4. The molecular weight excluding hydrogens is 713 g/mol. The number of hydrogen-bond donors (Lipinski definition) is 0. The van der Waals surface area contributed by atoms with E-state index in [-0.39, 0.29) is 0 Å². The van der Waals surface area contributed by atoms with Gasteiger partial charge in [-0.3, -0.25) is 0 Å². The molecule has 0 N–H and O–H groups in total. The second kappa shape index (κ2) is 14.4. The van der Waals surface area contributed by atoms with E-state index in [1.165, 1.54) is 82.3 Å². The molecule has 11 rings (SSSR count). The number of nitrogens with zero attached hydrogens (tertiary/aromatic N) is 2. The van der Waals surface area contributed by atoms with E-state index in [1.807, 2.05) is 0 Å². The van der Waals surface area contributed by atoms with Gasteiger partial charge in [-0.2, -0.15) is 0 Å². The molecule has 0 atom stereocenters. The summed E-state index contributed by atoms with van der Waals surface area (Å²) in [5, 5.41) is 7.55. The normalized spacial score (nSPS) is 11.5. The quantitative estimate of drug-likeness (QED) is 0.157. The van der Waals surface area contributed by atoms with Crippen LogP contribution in [0.15, 0.2) is 224 Å². The molecule has 0 aliphatic rings. The molecule has 0 bridgehead atoms. The summed E-state index contributed by atoms with van der Waals surface area (Å²) >= 11 is 0. The Kier molecular flexibility index (Phi) is 8.41. The zero-order chi connectivity index (χ0) is 39.3. The third-order valence-electron chi connectivity index (χ3n) is 11.9. The van der Waals surface area contributed by atoms with E-state index in [9.17, 15) is 0 Å². The van der Waals surface area contributed by atoms with Gasteiger partial charge in [-0.15, -0.1) is 0 Å². The van der Waals surface area contributed by atoms with E-state index < -0.39 is 0 Å². The Morgan fingerprint density at radius 3 is 1.58 bits per heavy atom. The third kappa shape index (κ3) is 6.14. The summed E-state index contributed by atoms with van der Waals surface area (Å²) < 4.78 is 2.39. The largest absolute Gasteiger partial charge is 0.310 e. The van der Waals surface area contributed by atoms with Gasteiger partial charge in [0.1, 0.15) is 0 Å². The topological polar surface area (TPSA) is 8.17 Å². The van der Waals surface area contributed by atoms with Crippen molar-refractivity contribution in [3.63, 3.8) is 0 Å². The summed E-state index contributed by atoms with van der Waals surface area (Å²) in [5.41, 5.74) is 15.4. The highest BCUT2D eigenvalue weighted by atomic mass is 15.1. The van der Waals surface area contributed by atoms with E-state index in [0.29, 0.717) is 0 Å². The van der Waals surface area contributed by atoms with Crippen LogP contribution in [-0.4, -0.2) is 4.57 Å². The molecule has 11 aromatic rings. The fraction of sp³-hybridized carbons (Fsp3) is 0.0175. The lowest BCUT2D eigenvalue weighted by molar-refractivity contribution is 1.18. The van der Waals surface area contributed by atoms with Gasteiger partial charge >= 0.3 is 0 Å². The van der Waals surface area contributed by atoms with Crippen LogP contribution in [0.3, 0.4) is 0 Å².